The molecule has 2 heterocycles. The zero-order chi connectivity index (χ0) is 12.3. The Morgan fingerprint density at radius 3 is 2.94 bits per heavy atom. The predicted octanol–water partition coefficient (Wildman–Crippen LogP) is 1.81. The van der Waals surface area contributed by atoms with E-state index in [0.717, 1.165) is 38.0 Å². The van der Waals surface area contributed by atoms with Crippen LogP contribution in [0.1, 0.15) is 39.0 Å². The molecule has 3 nitrogen and oxygen atoms in total. The Labute approximate surface area is 108 Å². The van der Waals surface area contributed by atoms with Crippen LogP contribution < -0.4 is 0 Å². The lowest BCUT2D eigenvalue weighted by Crippen LogP contribution is -2.46. The second kappa shape index (κ2) is 5.91. The van der Waals surface area contributed by atoms with Crippen molar-refractivity contribution in [1.29, 1.82) is 0 Å². The summed E-state index contributed by atoms with van der Waals surface area (Å²) in [7, 11) is 0. The van der Waals surface area contributed by atoms with E-state index in [9.17, 15) is 10.2 Å². The van der Waals surface area contributed by atoms with Crippen LogP contribution in [0, 0.1) is 5.92 Å². The molecule has 2 aliphatic heterocycles. The molecule has 0 radical (unpaired) electrons. The second-order valence-electron chi connectivity index (χ2n) is 5.43. The van der Waals surface area contributed by atoms with Crippen molar-refractivity contribution in [1.82, 2.24) is 0 Å². The number of rotatable bonds is 4. The van der Waals surface area contributed by atoms with Crippen LogP contribution in [0.15, 0.2) is 0 Å². The fraction of sp³-hybridized carbons (Fsp3) is 1.00. The molecule has 2 N–H and O–H groups in total. The van der Waals surface area contributed by atoms with Gasteiger partial charge in [0, 0.05) is 12.4 Å². The highest BCUT2D eigenvalue weighted by atomic mass is 32.2. The van der Waals surface area contributed by atoms with Crippen LogP contribution in [-0.2, 0) is 4.74 Å². The Bertz CT molecular complexity index is 241. The molecule has 1 spiro atoms. The first-order valence-electron chi connectivity index (χ1n) is 6.75. The summed E-state index contributed by atoms with van der Waals surface area (Å²) in [6.45, 7) is 2.77. The first-order valence-corrected chi connectivity index (χ1v) is 7.90. The highest BCUT2D eigenvalue weighted by molar-refractivity contribution is 7.99. The quantitative estimate of drug-likeness (QED) is 0.809. The van der Waals surface area contributed by atoms with Crippen LogP contribution in [0.5, 0.6) is 0 Å². The minimum atomic E-state index is -0.568. The van der Waals surface area contributed by atoms with Gasteiger partial charge in [-0.15, -0.1) is 0 Å². The number of aliphatic hydroxyl groups excluding tert-OH is 2. The number of thioether (sulfide) groups is 1. The largest absolute Gasteiger partial charge is 0.390 e. The Morgan fingerprint density at radius 1 is 1.47 bits per heavy atom. The molecule has 0 aromatic heterocycles. The van der Waals surface area contributed by atoms with Crippen molar-refractivity contribution in [3.63, 3.8) is 0 Å². The first-order chi connectivity index (χ1) is 8.17. The summed E-state index contributed by atoms with van der Waals surface area (Å²) in [6, 6.07) is 0. The number of ether oxygens (including phenoxy) is 1. The number of hydrogen-bond donors (Lipinski definition) is 2. The lowest BCUT2D eigenvalue weighted by atomic mass is 9.80. The van der Waals surface area contributed by atoms with Crippen molar-refractivity contribution in [3.05, 3.63) is 0 Å². The summed E-state index contributed by atoms with van der Waals surface area (Å²) in [5.74, 6) is 2.43. The van der Waals surface area contributed by atoms with Gasteiger partial charge < -0.3 is 14.9 Å². The lowest BCUT2D eigenvalue weighted by molar-refractivity contribution is -0.120. The van der Waals surface area contributed by atoms with Gasteiger partial charge in [-0.3, -0.25) is 0 Å². The van der Waals surface area contributed by atoms with Crippen molar-refractivity contribution in [2.24, 2.45) is 5.92 Å². The van der Waals surface area contributed by atoms with Gasteiger partial charge in [0.25, 0.3) is 0 Å². The molecule has 2 aliphatic rings. The molecule has 0 aromatic rings. The van der Waals surface area contributed by atoms with Crippen LogP contribution in [0.4, 0.5) is 0 Å². The van der Waals surface area contributed by atoms with E-state index in [4.69, 9.17) is 4.74 Å². The molecule has 4 heteroatoms. The van der Waals surface area contributed by atoms with Gasteiger partial charge in [-0.1, -0.05) is 13.3 Å². The van der Waals surface area contributed by atoms with Gasteiger partial charge in [0.05, 0.1) is 17.8 Å². The Kier molecular flexibility index (Phi) is 4.75. The molecule has 4 atom stereocenters. The highest BCUT2D eigenvalue weighted by Crippen LogP contribution is 2.41. The molecule has 4 unspecified atom stereocenters. The molecule has 0 amide bonds. The molecule has 2 fully saturated rings. The Hall–Kier alpha value is 0.230. The van der Waals surface area contributed by atoms with Gasteiger partial charge >= 0.3 is 0 Å². The van der Waals surface area contributed by atoms with Gasteiger partial charge in [-0.2, -0.15) is 11.8 Å². The maximum absolute atomic E-state index is 10.2. The second-order valence-corrected chi connectivity index (χ2v) is 6.54. The maximum atomic E-state index is 10.2. The molecule has 0 aliphatic carbocycles. The average molecular weight is 260 g/mol. The summed E-state index contributed by atoms with van der Waals surface area (Å²) in [5.41, 5.74) is 0.000494. The molecular weight excluding hydrogens is 236 g/mol. The van der Waals surface area contributed by atoms with Crippen LogP contribution >= 0.6 is 11.8 Å². The average Bonchev–Trinajstić information content (AvgIpc) is 2.76. The third-order valence-electron chi connectivity index (χ3n) is 4.06. The first kappa shape index (κ1) is 13.7. The van der Waals surface area contributed by atoms with E-state index in [1.165, 1.54) is 5.75 Å². The summed E-state index contributed by atoms with van der Waals surface area (Å²) in [6.07, 6.45) is 3.39. The normalized spacial score (nSPS) is 37.2. The summed E-state index contributed by atoms with van der Waals surface area (Å²) < 4.78 is 5.93. The Balaban J connectivity index is 1.92. The van der Waals surface area contributed by atoms with Gasteiger partial charge in [-0.05, 0) is 37.4 Å². The van der Waals surface area contributed by atoms with E-state index >= 15 is 0 Å². The van der Waals surface area contributed by atoms with Crippen molar-refractivity contribution in [2.75, 3.05) is 18.1 Å². The zero-order valence-corrected chi connectivity index (χ0v) is 11.4. The molecule has 0 bridgehead atoms. The van der Waals surface area contributed by atoms with Gasteiger partial charge in [0.2, 0.25) is 0 Å². The van der Waals surface area contributed by atoms with Crippen molar-refractivity contribution < 1.29 is 14.9 Å². The maximum Gasteiger partial charge on any atom is 0.0829 e. The molecule has 17 heavy (non-hydrogen) atoms. The van der Waals surface area contributed by atoms with Crippen molar-refractivity contribution >= 4 is 11.8 Å². The molecule has 0 saturated carbocycles. The molecule has 2 saturated heterocycles. The SMILES string of the molecule is CCCC(O)C(O)C1CCOC2(CCSC2)C1. The van der Waals surface area contributed by atoms with E-state index in [-0.39, 0.29) is 11.5 Å². The minimum absolute atomic E-state index is 0.000494. The van der Waals surface area contributed by atoms with Crippen LogP contribution in [0.25, 0.3) is 0 Å². The lowest BCUT2D eigenvalue weighted by Gasteiger charge is -2.40. The van der Waals surface area contributed by atoms with Crippen molar-refractivity contribution in [2.45, 2.75) is 56.8 Å². The highest BCUT2D eigenvalue weighted by Gasteiger charge is 2.43. The fourth-order valence-electron chi connectivity index (χ4n) is 3.00. The number of hydrogen-bond acceptors (Lipinski definition) is 4. The molecule has 100 valence electrons. The van der Waals surface area contributed by atoms with E-state index < -0.39 is 12.2 Å². The van der Waals surface area contributed by atoms with E-state index in [1.54, 1.807) is 0 Å². The Morgan fingerprint density at radius 2 is 2.29 bits per heavy atom. The van der Waals surface area contributed by atoms with Gasteiger partial charge in [-0.25, -0.2) is 0 Å². The van der Waals surface area contributed by atoms with Crippen LogP contribution in [-0.4, -0.2) is 46.1 Å². The molecule has 2 rings (SSSR count). The monoisotopic (exact) mass is 260 g/mol. The number of aliphatic hydroxyl groups is 2. The predicted molar refractivity (Wildman–Crippen MR) is 70.3 cm³/mol. The third kappa shape index (κ3) is 3.16. The molecular formula is C13H24O3S. The third-order valence-corrected chi connectivity index (χ3v) is 5.28. The van der Waals surface area contributed by atoms with Gasteiger partial charge in [0.15, 0.2) is 0 Å². The smallest absolute Gasteiger partial charge is 0.0829 e. The van der Waals surface area contributed by atoms with E-state index in [0.29, 0.717) is 6.42 Å². The summed E-state index contributed by atoms with van der Waals surface area (Å²) in [5, 5.41) is 20.1. The molecule has 0 aromatic carbocycles. The summed E-state index contributed by atoms with van der Waals surface area (Å²) >= 11 is 1.94. The topological polar surface area (TPSA) is 49.7 Å². The fourth-order valence-corrected chi connectivity index (χ4v) is 4.38. The standard InChI is InChI=1S/C13H24O3S/c1-2-3-11(14)12(15)10-4-6-16-13(8-10)5-7-17-9-13/h10-12,14-15H,2-9H2,1H3. The van der Waals surface area contributed by atoms with E-state index in [2.05, 4.69) is 0 Å². The van der Waals surface area contributed by atoms with Crippen LogP contribution in [0.2, 0.25) is 0 Å². The summed E-state index contributed by atoms with van der Waals surface area (Å²) in [4.78, 5) is 0. The van der Waals surface area contributed by atoms with Crippen LogP contribution in [0.3, 0.4) is 0 Å². The van der Waals surface area contributed by atoms with E-state index in [1.807, 2.05) is 18.7 Å². The minimum Gasteiger partial charge on any atom is -0.390 e. The van der Waals surface area contributed by atoms with Crippen molar-refractivity contribution in [3.8, 4) is 0 Å². The zero-order valence-electron chi connectivity index (χ0n) is 10.6. The van der Waals surface area contributed by atoms with Gasteiger partial charge in [0.1, 0.15) is 0 Å².